The van der Waals surface area contributed by atoms with Crippen LogP contribution in [0.3, 0.4) is 0 Å². The molecule has 0 bridgehead atoms. The van der Waals surface area contributed by atoms with Crippen LogP contribution in [0.1, 0.15) is 12.7 Å². The molecule has 0 amide bonds. The van der Waals surface area contributed by atoms with E-state index in [9.17, 15) is 5.11 Å². The number of rotatable bonds is 5. The van der Waals surface area contributed by atoms with E-state index in [0.717, 1.165) is 32.0 Å². The molecule has 0 aliphatic carbocycles. The molecule has 0 radical (unpaired) electrons. The summed E-state index contributed by atoms with van der Waals surface area (Å²) >= 11 is 0. The fraction of sp³-hybridized carbons (Fsp3) is 0.800. The summed E-state index contributed by atoms with van der Waals surface area (Å²) in [7, 11) is 0. The topological polar surface area (TPSA) is 66.2 Å². The molecule has 16 heavy (non-hydrogen) atoms. The summed E-state index contributed by atoms with van der Waals surface area (Å²) in [5.74, 6) is 0.988. The minimum atomic E-state index is -0.311. The Balaban J connectivity index is 1.80. The van der Waals surface area contributed by atoms with Gasteiger partial charge in [0, 0.05) is 26.2 Å². The maximum Gasteiger partial charge on any atom is 0.147 e. The van der Waals surface area contributed by atoms with Gasteiger partial charge in [0.05, 0.1) is 12.6 Å². The summed E-state index contributed by atoms with van der Waals surface area (Å²) in [5.41, 5.74) is 0. The SMILES string of the molecule is CCNCC(O)CN1CCn2cnnc2C1. The second-order valence-electron chi connectivity index (χ2n) is 4.14. The van der Waals surface area contributed by atoms with Crippen LogP contribution in [-0.2, 0) is 13.1 Å². The highest BCUT2D eigenvalue weighted by atomic mass is 16.3. The molecule has 1 aliphatic rings. The number of aliphatic hydroxyl groups is 1. The van der Waals surface area contributed by atoms with Gasteiger partial charge in [0.15, 0.2) is 0 Å². The Morgan fingerprint density at radius 3 is 3.25 bits per heavy atom. The van der Waals surface area contributed by atoms with Gasteiger partial charge in [0.1, 0.15) is 12.2 Å². The van der Waals surface area contributed by atoms with Crippen LogP contribution in [-0.4, -0.2) is 57.1 Å². The van der Waals surface area contributed by atoms with Crippen molar-refractivity contribution in [2.75, 3.05) is 26.2 Å². The number of nitrogens with one attached hydrogen (secondary N) is 1. The zero-order chi connectivity index (χ0) is 11.4. The molecular weight excluding hydrogens is 206 g/mol. The molecule has 0 fully saturated rings. The van der Waals surface area contributed by atoms with Crippen LogP contribution >= 0.6 is 0 Å². The third-order valence-corrected chi connectivity index (χ3v) is 2.82. The molecule has 0 aromatic carbocycles. The average Bonchev–Trinajstić information content (AvgIpc) is 2.73. The van der Waals surface area contributed by atoms with Crippen LogP contribution in [0.25, 0.3) is 0 Å². The van der Waals surface area contributed by atoms with Gasteiger partial charge in [-0.3, -0.25) is 4.90 Å². The maximum atomic E-state index is 9.78. The van der Waals surface area contributed by atoms with Crippen molar-refractivity contribution in [3.63, 3.8) is 0 Å². The second kappa shape index (κ2) is 5.38. The molecule has 1 atom stereocenters. The molecule has 1 aromatic rings. The van der Waals surface area contributed by atoms with Crippen LogP contribution in [0.2, 0.25) is 0 Å². The summed E-state index contributed by atoms with van der Waals surface area (Å²) in [4.78, 5) is 2.21. The highest BCUT2D eigenvalue weighted by molar-refractivity contribution is 4.90. The van der Waals surface area contributed by atoms with Gasteiger partial charge >= 0.3 is 0 Å². The molecule has 1 aromatic heterocycles. The summed E-state index contributed by atoms with van der Waals surface area (Å²) in [6.45, 7) is 6.93. The van der Waals surface area contributed by atoms with Gasteiger partial charge in [-0.15, -0.1) is 10.2 Å². The number of fused-ring (bicyclic) bond motifs is 1. The summed E-state index contributed by atoms with van der Waals surface area (Å²) in [5, 5.41) is 20.9. The molecule has 6 nitrogen and oxygen atoms in total. The number of hydrogen-bond donors (Lipinski definition) is 2. The maximum absolute atomic E-state index is 9.78. The average molecular weight is 225 g/mol. The van der Waals surface area contributed by atoms with Gasteiger partial charge < -0.3 is 15.0 Å². The first-order valence-electron chi connectivity index (χ1n) is 5.77. The van der Waals surface area contributed by atoms with Crippen molar-refractivity contribution in [2.24, 2.45) is 0 Å². The van der Waals surface area contributed by atoms with E-state index in [0.29, 0.717) is 13.1 Å². The van der Waals surface area contributed by atoms with Gasteiger partial charge in [-0.05, 0) is 6.54 Å². The first kappa shape index (κ1) is 11.5. The standard InChI is InChI=1S/C10H19N5O/c1-2-11-5-9(16)6-14-3-4-15-8-12-13-10(15)7-14/h8-9,11,16H,2-7H2,1H3. The van der Waals surface area contributed by atoms with E-state index in [4.69, 9.17) is 0 Å². The molecule has 2 heterocycles. The Morgan fingerprint density at radius 2 is 2.44 bits per heavy atom. The smallest absolute Gasteiger partial charge is 0.147 e. The number of nitrogens with zero attached hydrogens (tertiary/aromatic N) is 4. The van der Waals surface area contributed by atoms with Crippen molar-refractivity contribution in [3.05, 3.63) is 12.2 Å². The summed E-state index contributed by atoms with van der Waals surface area (Å²) in [6, 6.07) is 0. The predicted octanol–water partition coefficient (Wildman–Crippen LogP) is -0.936. The second-order valence-corrected chi connectivity index (χ2v) is 4.14. The lowest BCUT2D eigenvalue weighted by Gasteiger charge is -2.28. The molecule has 6 heteroatoms. The van der Waals surface area contributed by atoms with Gasteiger partial charge in [0.2, 0.25) is 0 Å². The van der Waals surface area contributed by atoms with Crippen LogP contribution in [0.15, 0.2) is 6.33 Å². The van der Waals surface area contributed by atoms with Crippen LogP contribution in [0.5, 0.6) is 0 Å². The highest BCUT2D eigenvalue weighted by Crippen LogP contribution is 2.08. The zero-order valence-electron chi connectivity index (χ0n) is 9.63. The van der Waals surface area contributed by atoms with Gasteiger partial charge in [0.25, 0.3) is 0 Å². The van der Waals surface area contributed by atoms with E-state index < -0.39 is 0 Å². The Bertz CT molecular complexity index is 327. The van der Waals surface area contributed by atoms with Crippen LogP contribution < -0.4 is 5.32 Å². The van der Waals surface area contributed by atoms with E-state index in [2.05, 4.69) is 25.0 Å². The first-order chi connectivity index (χ1) is 7.79. The number of aromatic nitrogens is 3. The number of likely N-dealkylation sites (N-methyl/N-ethyl adjacent to an activating group) is 1. The van der Waals surface area contributed by atoms with Crippen molar-refractivity contribution in [1.29, 1.82) is 0 Å². The van der Waals surface area contributed by atoms with Crippen molar-refractivity contribution in [1.82, 2.24) is 25.0 Å². The van der Waals surface area contributed by atoms with Crippen LogP contribution in [0.4, 0.5) is 0 Å². The van der Waals surface area contributed by atoms with Crippen molar-refractivity contribution >= 4 is 0 Å². The van der Waals surface area contributed by atoms with Crippen molar-refractivity contribution in [3.8, 4) is 0 Å². The zero-order valence-corrected chi connectivity index (χ0v) is 9.63. The van der Waals surface area contributed by atoms with Crippen molar-refractivity contribution in [2.45, 2.75) is 26.1 Å². The summed E-state index contributed by atoms with van der Waals surface area (Å²) < 4.78 is 2.06. The highest BCUT2D eigenvalue weighted by Gasteiger charge is 2.19. The monoisotopic (exact) mass is 225 g/mol. The fourth-order valence-electron chi connectivity index (χ4n) is 1.95. The molecule has 0 saturated carbocycles. The molecule has 2 N–H and O–H groups in total. The largest absolute Gasteiger partial charge is 0.390 e. The molecule has 1 unspecified atom stereocenters. The van der Waals surface area contributed by atoms with Crippen LogP contribution in [0, 0.1) is 0 Å². The first-order valence-corrected chi connectivity index (χ1v) is 5.77. The molecule has 2 rings (SSSR count). The number of β-amino-alcohol motifs (C(OH)–C–C–N with tert-alkyl or cyclic N) is 1. The normalized spacial score (nSPS) is 18.4. The van der Waals surface area contributed by atoms with Gasteiger partial charge in [-0.25, -0.2) is 0 Å². The van der Waals surface area contributed by atoms with Crippen molar-refractivity contribution < 1.29 is 5.11 Å². The molecule has 90 valence electrons. The molecule has 0 spiro atoms. The number of aliphatic hydroxyl groups excluding tert-OH is 1. The van der Waals surface area contributed by atoms with Gasteiger partial charge in [-0.1, -0.05) is 6.92 Å². The van der Waals surface area contributed by atoms with E-state index >= 15 is 0 Å². The Hall–Kier alpha value is -0.980. The summed E-state index contributed by atoms with van der Waals surface area (Å²) in [6.07, 6.45) is 1.45. The Morgan fingerprint density at radius 1 is 1.56 bits per heavy atom. The molecule has 0 saturated heterocycles. The van der Waals surface area contributed by atoms with E-state index in [1.807, 2.05) is 6.92 Å². The quantitative estimate of drug-likeness (QED) is 0.677. The lowest BCUT2D eigenvalue weighted by atomic mass is 10.2. The third kappa shape index (κ3) is 2.78. The van der Waals surface area contributed by atoms with Gasteiger partial charge in [-0.2, -0.15) is 0 Å². The minimum Gasteiger partial charge on any atom is -0.390 e. The number of hydrogen-bond acceptors (Lipinski definition) is 5. The fourth-order valence-corrected chi connectivity index (χ4v) is 1.95. The Kier molecular flexibility index (Phi) is 3.87. The Labute approximate surface area is 95.3 Å². The predicted molar refractivity (Wildman–Crippen MR) is 59.8 cm³/mol. The molecular formula is C10H19N5O. The molecule has 1 aliphatic heterocycles. The lowest BCUT2D eigenvalue weighted by molar-refractivity contribution is 0.0957. The minimum absolute atomic E-state index is 0.311. The van der Waals surface area contributed by atoms with E-state index in [1.54, 1.807) is 6.33 Å². The van der Waals surface area contributed by atoms with E-state index in [1.165, 1.54) is 0 Å². The van der Waals surface area contributed by atoms with E-state index in [-0.39, 0.29) is 6.10 Å². The lowest BCUT2D eigenvalue weighted by Crippen LogP contribution is -2.42. The third-order valence-electron chi connectivity index (χ3n) is 2.82.